The number of carbonyl (C=O) groups excluding carboxylic acids is 1. The van der Waals surface area contributed by atoms with E-state index in [1.807, 2.05) is 19.0 Å². The normalized spacial score (nSPS) is 10.2. The Morgan fingerprint density at radius 1 is 1.46 bits per heavy atom. The van der Waals surface area contributed by atoms with Gasteiger partial charge in [0, 0.05) is 13.6 Å². The van der Waals surface area contributed by atoms with Crippen LogP contribution in [0.15, 0.2) is 0 Å². The van der Waals surface area contributed by atoms with Gasteiger partial charge in [-0.2, -0.15) is 5.48 Å². The molecule has 6 nitrogen and oxygen atoms in total. The number of amides is 2. The number of nitrogens with zero attached hydrogens (tertiary/aromatic N) is 1. The quantitative estimate of drug-likeness (QED) is 0.284. The second-order valence-electron chi connectivity index (χ2n) is 2.74. The molecule has 3 N–H and O–H groups in total. The molecule has 0 bridgehead atoms. The van der Waals surface area contributed by atoms with Gasteiger partial charge >= 0.3 is 6.03 Å². The SMILES string of the molecule is CNC(=O)NCCONCN(C)C. The van der Waals surface area contributed by atoms with E-state index in [0.29, 0.717) is 19.8 Å². The minimum atomic E-state index is -0.198. The van der Waals surface area contributed by atoms with Crippen LogP contribution in [-0.2, 0) is 4.84 Å². The van der Waals surface area contributed by atoms with Crippen LogP contribution in [-0.4, -0.2) is 51.9 Å². The monoisotopic (exact) mass is 190 g/mol. The molecular weight excluding hydrogens is 172 g/mol. The molecule has 0 rings (SSSR count). The number of hydroxylamine groups is 1. The Morgan fingerprint density at radius 3 is 2.69 bits per heavy atom. The Balaban J connectivity index is 3.04. The third kappa shape index (κ3) is 9.06. The van der Waals surface area contributed by atoms with E-state index in [9.17, 15) is 4.79 Å². The minimum absolute atomic E-state index is 0.198. The highest BCUT2D eigenvalue weighted by Crippen LogP contribution is 1.70. The van der Waals surface area contributed by atoms with E-state index in [4.69, 9.17) is 4.84 Å². The van der Waals surface area contributed by atoms with Crippen molar-refractivity contribution in [2.24, 2.45) is 0 Å². The van der Waals surface area contributed by atoms with E-state index in [1.165, 1.54) is 0 Å². The van der Waals surface area contributed by atoms with E-state index >= 15 is 0 Å². The Morgan fingerprint density at radius 2 is 2.15 bits per heavy atom. The Bertz CT molecular complexity index is 140. The molecule has 0 saturated carbocycles. The van der Waals surface area contributed by atoms with Crippen molar-refractivity contribution >= 4 is 6.03 Å². The van der Waals surface area contributed by atoms with Crippen LogP contribution in [0.3, 0.4) is 0 Å². The van der Waals surface area contributed by atoms with Crippen LogP contribution in [0.1, 0.15) is 0 Å². The maximum atomic E-state index is 10.6. The number of urea groups is 1. The highest BCUT2D eigenvalue weighted by atomic mass is 16.6. The third-order valence-electron chi connectivity index (χ3n) is 1.20. The van der Waals surface area contributed by atoms with Crippen molar-refractivity contribution in [3.8, 4) is 0 Å². The van der Waals surface area contributed by atoms with Gasteiger partial charge in [0.15, 0.2) is 0 Å². The van der Waals surface area contributed by atoms with Crippen LogP contribution in [0.2, 0.25) is 0 Å². The van der Waals surface area contributed by atoms with E-state index in [-0.39, 0.29) is 6.03 Å². The fraction of sp³-hybridized carbons (Fsp3) is 0.857. The summed E-state index contributed by atoms with van der Waals surface area (Å²) in [6, 6.07) is -0.198. The first-order chi connectivity index (χ1) is 6.16. The highest BCUT2D eigenvalue weighted by molar-refractivity contribution is 5.73. The maximum Gasteiger partial charge on any atom is 0.314 e. The number of carbonyl (C=O) groups is 1. The van der Waals surface area contributed by atoms with Gasteiger partial charge in [-0.3, -0.25) is 9.74 Å². The molecule has 0 aromatic heterocycles. The molecule has 0 aliphatic heterocycles. The molecule has 0 heterocycles. The highest BCUT2D eigenvalue weighted by Gasteiger charge is 1.94. The average Bonchev–Trinajstić information content (AvgIpc) is 2.10. The standard InChI is InChI=1S/C7H18N4O2/c1-8-7(12)9-4-5-13-10-6-11(2)3/h10H,4-6H2,1-3H3,(H2,8,9,12). The Kier molecular flexibility index (Phi) is 7.27. The fourth-order valence-electron chi connectivity index (χ4n) is 0.551. The minimum Gasteiger partial charge on any atom is -0.341 e. The largest absolute Gasteiger partial charge is 0.341 e. The molecule has 0 aromatic carbocycles. The second-order valence-corrected chi connectivity index (χ2v) is 2.74. The van der Waals surface area contributed by atoms with Crippen LogP contribution < -0.4 is 16.1 Å². The van der Waals surface area contributed by atoms with Crippen molar-refractivity contribution < 1.29 is 9.63 Å². The molecule has 0 fully saturated rings. The van der Waals surface area contributed by atoms with Crippen LogP contribution in [0.5, 0.6) is 0 Å². The molecule has 0 aromatic rings. The summed E-state index contributed by atoms with van der Waals surface area (Å²) in [5.74, 6) is 0. The lowest BCUT2D eigenvalue weighted by Crippen LogP contribution is -2.36. The van der Waals surface area contributed by atoms with Gasteiger partial charge in [0.25, 0.3) is 0 Å². The number of rotatable bonds is 6. The van der Waals surface area contributed by atoms with Crippen molar-refractivity contribution in [3.63, 3.8) is 0 Å². The lowest BCUT2D eigenvalue weighted by atomic mass is 10.7. The molecule has 0 radical (unpaired) electrons. The third-order valence-corrected chi connectivity index (χ3v) is 1.20. The molecule has 0 saturated heterocycles. The zero-order chi connectivity index (χ0) is 10.1. The van der Waals surface area contributed by atoms with Crippen LogP contribution in [0, 0.1) is 0 Å². The van der Waals surface area contributed by atoms with Crippen molar-refractivity contribution in [2.75, 3.05) is 41.0 Å². The summed E-state index contributed by atoms with van der Waals surface area (Å²) in [7, 11) is 5.43. The van der Waals surface area contributed by atoms with Gasteiger partial charge in [0.1, 0.15) is 0 Å². The molecule has 0 spiro atoms. The summed E-state index contributed by atoms with van der Waals surface area (Å²) in [5, 5.41) is 5.03. The summed E-state index contributed by atoms with van der Waals surface area (Å²) in [6.45, 7) is 1.58. The summed E-state index contributed by atoms with van der Waals surface area (Å²) in [5.41, 5.74) is 2.73. The molecule has 13 heavy (non-hydrogen) atoms. The molecule has 78 valence electrons. The molecule has 2 amide bonds. The van der Waals surface area contributed by atoms with E-state index in [2.05, 4.69) is 16.1 Å². The van der Waals surface area contributed by atoms with Gasteiger partial charge < -0.3 is 10.6 Å². The molecule has 0 atom stereocenters. The summed E-state index contributed by atoms with van der Waals surface area (Å²) in [6.07, 6.45) is 0. The van der Waals surface area contributed by atoms with Crippen molar-refractivity contribution in [3.05, 3.63) is 0 Å². The summed E-state index contributed by atoms with van der Waals surface area (Å²) >= 11 is 0. The van der Waals surface area contributed by atoms with Crippen LogP contribution in [0.25, 0.3) is 0 Å². The fourth-order valence-corrected chi connectivity index (χ4v) is 0.551. The van der Waals surface area contributed by atoms with Gasteiger partial charge in [-0.05, 0) is 14.1 Å². The van der Waals surface area contributed by atoms with Gasteiger partial charge in [0.2, 0.25) is 0 Å². The zero-order valence-electron chi connectivity index (χ0n) is 8.39. The first-order valence-corrected chi connectivity index (χ1v) is 4.11. The molecular formula is C7H18N4O2. The Labute approximate surface area is 78.6 Å². The molecule has 0 aliphatic rings. The van der Waals surface area contributed by atoms with Gasteiger partial charge in [0.05, 0.1) is 13.3 Å². The smallest absolute Gasteiger partial charge is 0.314 e. The topological polar surface area (TPSA) is 65.6 Å². The maximum absolute atomic E-state index is 10.6. The molecule has 0 aliphatic carbocycles. The number of hydrogen-bond donors (Lipinski definition) is 3. The predicted molar refractivity (Wildman–Crippen MR) is 50.1 cm³/mol. The average molecular weight is 190 g/mol. The van der Waals surface area contributed by atoms with E-state index in [0.717, 1.165) is 0 Å². The number of hydrogen-bond acceptors (Lipinski definition) is 4. The summed E-state index contributed by atoms with van der Waals surface area (Å²) in [4.78, 5) is 17.6. The lowest BCUT2D eigenvalue weighted by Gasteiger charge is -2.11. The molecule has 0 unspecified atom stereocenters. The number of nitrogens with one attached hydrogen (secondary N) is 3. The lowest BCUT2D eigenvalue weighted by molar-refractivity contribution is 0.0213. The van der Waals surface area contributed by atoms with Crippen molar-refractivity contribution in [1.82, 2.24) is 21.0 Å². The van der Waals surface area contributed by atoms with Crippen LogP contribution >= 0.6 is 0 Å². The van der Waals surface area contributed by atoms with Crippen LogP contribution in [0.4, 0.5) is 4.79 Å². The van der Waals surface area contributed by atoms with Gasteiger partial charge in [-0.25, -0.2) is 4.79 Å². The molecule has 6 heteroatoms. The zero-order valence-corrected chi connectivity index (χ0v) is 8.39. The van der Waals surface area contributed by atoms with Crippen molar-refractivity contribution in [1.29, 1.82) is 0 Å². The van der Waals surface area contributed by atoms with Gasteiger partial charge in [-0.1, -0.05) is 0 Å². The predicted octanol–water partition coefficient (Wildman–Crippen LogP) is -1.04. The van der Waals surface area contributed by atoms with E-state index < -0.39 is 0 Å². The summed E-state index contributed by atoms with van der Waals surface area (Å²) < 4.78 is 0. The first kappa shape index (κ1) is 12.2. The first-order valence-electron chi connectivity index (χ1n) is 4.11. The van der Waals surface area contributed by atoms with E-state index in [1.54, 1.807) is 7.05 Å². The Hall–Kier alpha value is -0.850. The second kappa shape index (κ2) is 7.78. The van der Waals surface area contributed by atoms with Crippen molar-refractivity contribution in [2.45, 2.75) is 0 Å². The van der Waals surface area contributed by atoms with Gasteiger partial charge in [-0.15, -0.1) is 0 Å².